The molecule has 17 heavy (non-hydrogen) atoms. The van der Waals surface area contributed by atoms with Crippen molar-refractivity contribution in [3.8, 4) is 0 Å². The molecular weight excluding hydrogens is 214 g/mol. The lowest BCUT2D eigenvalue weighted by atomic mass is 10.0. The number of carbonyl (C=O) groups excluding carboxylic acids is 1. The Morgan fingerprint density at radius 3 is 2.71 bits per heavy atom. The molecule has 1 aliphatic carbocycles. The minimum Gasteiger partial charge on any atom is -0.465 e. The zero-order valence-corrected chi connectivity index (χ0v) is 10.6. The Bertz CT molecular complexity index is 440. The van der Waals surface area contributed by atoms with Gasteiger partial charge < -0.3 is 10.5 Å². The molecule has 2 atom stereocenters. The number of rotatable bonds is 3. The van der Waals surface area contributed by atoms with Gasteiger partial charge in [-0.15, -0.1) is 0 Å². The molecule has 1 aliphatic rings. The molecule has 3 nitrogen and oxygen atoms in total. The number of hydrogen-bond donors (Lipinski definition) is 1. The van der Waals surface area contributed by atoms with Crippen LogP contribution in [0.25, 0.3) is 0 Å². The molecule has 2 rings (SSSR count). The van der Waals surface area contributed by atoms with Crippen molar-refractivity contribution in [2.75, 3.05) is 13.7 Å². The van der Waals surface area contributed by atoms with E-state index in [1.165, 1.54) is 12.7 Å². The van der Waals surface area contributed by atoms with Crippen LogP contribution in [-0.2, 0) is 4.74 Å². The average Bonchev–Trinajstić information content (AvgIpc) is 2.90. The highest BCUT2D eigenvalue weighted by molar-refractivity contribution is 5.89. The normalized spacial score (nSPS) is 25.4. The number of carbonyl (C=O) groups is 1. The molecular formula is C14H19NO2. The van der Waals surface area contributed by atoms with Gasteiger partial charge in [-0.2, -0.15) is 0 Å². The monoisotopic (exact) mass is 233 g/mol. The molecule has 92 valence electrons. The third-order valence-electron chi connectivity index (χ3n) is 3.97. The van der Waals surface area contributed by atoms with Gasteiger partial charge in [0.15, 0.2) is 0 Å². The molecule has 1 saturated carbocycles. The van der Waals surface area contributed by atoms with Gasteiger partial charge in [-0.25, -0.2) is 4.79 Å². The number of ether oxygens (including phenoxy) is 1. The Kier molecular flexibility index (Phi) is 2.96. The summed E-state index contributed by atoms with van der Waals surface area (Å²) in [6.07, 6.45) is 0. The summed E-state index contributed by atoms with van der Waals surface area (Å²) in [5.41, 5.74) is 7.81. The average molecular weight is 233 g/mol. The maximum atomic E-state index is 11.5. The van der Waals surface area contributed by atoms with Gasteiger partial charge in [0.2, 0.25) is 0 Å². The fourth-order valence-corrected chi connectivity index (χ4v) is 2.82. The smallest absolute Gasteiger partial charge is 0.337 e. The second-order valence-corrected chi connectivity index (χ2v) is 5.26. The van der Waals surface area contributed by atoms with Gasteiger partial charge in [-0.05, 0) is 41.5 Å². The highest BCUT2D eigenvalue weighted by atomic mass is 16.5. The van der Waals surface area contributed by atoms with E-state index >= 15 is 0 Å². The van der Waals surface area contributed by atoms with Crippen LogP contribution < -0.4 is 5.73 Å². The van der Waals surface area contributed by atoms with E-state index in [9.17, 15) is 4.79 Å². The molecule has 2 N–H and O–H groups in total. The van der Waals surface area contributed by atoms with E-state index < -0.39 is 0 Å². The third-order valence-corrected chi connectivity index (χ3v) is 3.97. The van der Waals surface area contributed by atoms with Crippen LogP contribution in [0.4, 0.5) is 0 Å². The SMILES string of the molecule is COC(=O)c1cccc(C2C(CN)C2(C)C)c1. The molecule has 1 aromatic rings. The van der Waals surface area contributed by atoms with Gasteiger partial charge >= 0.3 is 5.97 Å². The van der Waals surface area contributed by atoms with Crippen LogP contribution >= 0.6 is 0 Å². The predicted octanol–water partition coefficient (Wildman–Crippen LogP) is 2.17. The lowest BCUT2D eigenvalue weighted by Crippen LogP contribution is -2.05. The quantitative estimate of drug-likeness (QED) is 0.814. The van der Waals surface area contributed by atoms with Crippen LogP contribution in [0.3, 0.4) is 0 Å². The van der Waals surface area contributed by atoms with Gasteiger partial charge in [0.25, 0.3) is 0 Å². The van der Waals surface area contributed by atoms with Crippen LogP contribution in [0.15, 0.2) is 24.3 Å². The maximum Gasteiger partial charge on any atom is 0.337 e. The van der Waals surface area contributed by atoms with Crippen molar-refractivity contribution in [1.82, 2.24) is 0 Å². The Balaban J connectivity index is 2.27. The molecule has 1 aromatic carbocycles. The highest BCUT2D eigenvalue weighted by Crippen LogP contribution is 2.63. The Labute approximate surface area is 102 Å². The summed E-state index contributed by atoms with van der Waals surface area (Å²) in [6.45, 7) is 5.14. The summed E-state index contributed by atoms with van der Waals surface area (Å²) in [6, 6.07) is 7.67. The molecule has 0 saturated heterocycles. The van der Waals surface area contributed by atoms with Crippen LogP contribution in [0.1, 0.15) is 35.7 Å². The van der Waals surface area contributed by atoms with Gasteiger partial charge in [0.05, 0.1) is 12.7 Å². The second-order valence-electron chi connectivity index (χ2n) is 5.26. The maximum absolute atomic E-state index is 11.5. The number of benzene rings is 1. The van der Waals surface area contributed by atoms with Crippen molar-refractivity contribution in [1.29, 1.82) is 0 Å². The van der Waals surface area contributed by atoms with E-state index in [2.05, 4.69) is 19.9 Å². The number of hydrogen-bond acceptors (Lipinski definition) is 3. The highest BCUT2D eigenvalue weighted by Gasteiger charge is 2.57. The molecule has 0 heterocycles. The van der Waals surface area contributed by atoms with Gasteiger partial charge in [-0.1, -0.05) is 26.0 Å². The zero-order chi connectivity index (χ0) is 12.6. The number of esters is 1. The first kappa shape index (κ1) is 12.1. The van der Waals surface area contributed by atoms with E-state index in [1.54, 1.807) is 6.07 Å². The minimum absolute atomic E-state index is 0.240. The lowest BCUT2D eigenvalue weighted by molar-refractivity contribution is 0.0600. The lowest BCUT2D eigenvalue weighted by Gasteiger charge is -2.05. The fraction of sp³-hybridized carbons (Fsp3) is 0.500. The summed E-state index contributed by atoms with van der Waals surface area (Å²) in [4.78, 5) is 11.5. The third kappa shape index (κ3) is 1.95. The van der Waals surface area contributed by atoms with E-state index in [0.29, 0.717) is 23.9 Å². The molecule has 0 radical (unpaired) electrons. The minimum atomic E-state index is -0.283. The summed E-state index contributed by atoms with van der Waals surface area (Å²) in [7, 11) is 1.40. The standard InChI is InChI=1S/C14H19NO2/c1-14(2)11(8-15)12(14)9-5-4-6-10(7-9)13(16)17-3/h4-7,11-12H,8,15H2,1-3H3. The van der Waals surface area contributed by atoms with E-state index in [0.717, 1.165) is 0 Å². The fourth-order valence-electron chi connectivity index (χ4n) is 2.82. The van der Waals surface area contributed by atoms with E-state index in [4.69, 9.17) is 10.5 Å². The number of methoxy groups -OCH3 is 1. The Hall–Kier alpha value is -1.35. The summed E-state index contributed by atoms with van der Waals surface area (Å²) >= 11 is 0. The largest absolute Gasteiger partial charge is 0.465 e. The van der Waals surface area contributed by atoms with Crippen LogP contribution in [0.2, 0.25) is 0 Å². The molecule has 0 spiro atoms. The first-order valence-electron chi connectivity index (χ1n) is 5.90. The molecule has 1 fully saturated rings. The first-order valence-corrected chi connectivity index (χ1v) is 5.90. The summed E-state index contributed by atoms with van der Waals surface area (Å²) in [5.74, 6) is 0.683. The van der Waals surface area contributed by atoms with Gasteiger partial charge in [-0.3, -0.25) is 0 Å². The Morgan fingerprint density at radius 1 is 1.47 bits per heavy atom. The van der Waals surface area contributed by atoms with Gasteiger partial charge in [0.1, 0.15) is 0 Å². The van der Waals surface area contributed by atoms with Crippen molar-refractivity contribution in [3.05, 3.63) is 35.4 Å². The first-order chi connectivity index (χ1) is 8.02. The van der Waals surface area contributed by atoms with Crippen LogP contribution in [0, 0.1) is 11.3 Å². The summed E-state index contributed by atoms with van der Waals surface area (Å²) < 4.78 is 4.73. The molecule has 3 heteroatoms. The molecule has 0 bridgehead atoms. The van der Waals surface area contributed by atoms with Crippen molar-refractivity contribution >= 4 is 5.97 Å². The molecule has 0 amide bonds. The van der Waals surface area contributed by atoms with Crippen molar-refractivity contribution in [2.45, 2.75) is 19.8 Å². The van der Waals surface area contributed by atoms with E-state index in [1.807, 2.05) is 12.1 Å². The molecule has 2 unspecified atom stereocenters. The predicted molar refractivity (Wildman–Crippen MR) is 66.8 cm³/mol. The van der Waals surface area contributed by atoms with Crippen molar-refractivity contribution in [3.63, 3.8) is 0 Å². The van der Waals surface area contributed by atoms with Crippen LogP contribution in [0.5, 0.6) is 0 Å². The van der Waals surface area contributed by atoms with Crippen molar-refractivity contribution < 1.29 is 9.53 Å². The van der Waals surface area contributed by atoms with E-state index in [-0.39, 0.29) is 11.4 Å². The van der Waals surface area contributed by atoms with Crippen LogP contribution in [-0.4, -0.2) is 19.6 Å². The molecule has 0 aromatic heterocycles. The topological polar surface area (TPSA) is 52.3 Å². The van der Waals surface area contributed by atoms with Gasteiger partial charge in [0, 0.05) is 0 Å². The second kappa shape index (κ2) is 4.15. The number of nitrogens with two attached hydrogens (primary N) is 1. The van der Waals surface area contributed by atoms with Crippen molar-refractivity contribution in [2.24, 2.45) is 17.1 Å². The Morgan fingerprint density at radius 2 is 2.18 bits per heavy atom. The summed E-state index contributed by atoms with van der Waals surface area (Å²) in [5, 5.41) is 0. The zero-order valence-electron chi connectivity index (χ0n) is 10.6. The molecule has 0 aliphatic heterocycles.